The molecule has 34 heavy (non-hydrogen) atoms. The molecule has 0 aliphatic carbocycles. The Morgan fingerprint density at radius 1 is 0.588 bits per heavy atom. The molecule has 4 nitrogen and oxygen atoms in total. The largest absolute Gasteiger partial charge is 0.325 e. The molecule has 1 unspecified atom stereocenters. The molecular formula is C28H61FNO3S+. The molecule has 0 aliphatic rings. The normalized spacial score (nSPS) is 12.9. The summed E-state index contributed by atoms with van der Waals surface area (Å²) in [6.45, 7) is 18.6. The van der Waals surface area contributed by atoms with Crippen LogP contribution in [-0.4, -0.2) is 51.2 Å². The quantitative estimate of drug-likeness (QED) is 0.0783. The Bertz CT molecular complexity index is 492. The second-order valence-electron chi connectivity index (χ2n) is 9.72. The number of quaternary nitrogens is 1. The highest BCUT2D eigenvalue weighted by Gasteiger charge is 2.25. The lowest BCUT2D eigenvalue weighted by Gasteiger charge is -2.34. The zero-order valence-corrected chi connectivity index (χ0v) is 24.7. The first-order valence-electron chi connectivity index (χ1n) is 14.7. The van der Waals surface area contributed by atoms with Crippen molar-refractivity contribution in [2.75, 3.05) is 32.8 Å². The van der Waals surface area contributed by atoms with E-state index in [1.807, 2.05) is 0 Å². The van der Waals surface area contributed by atoms with Crippen molar-refractivity contribution in [1.82, 2.24) is 0 Å². The Balaban J connectivity index is 0. The number of halogens is 1. The first-order chi connectivity index (χ1) is 16.3. The maximum Gasteiger partial charge on any atom is 0.299 e. The van der Waals surface area contributed by atoms with Crippen LogP contribution >= 0.6 is 0 Å². The topological polar surface area (TPSA) is 43.4 Å². The van der Waals surface area contributed by atoms with Crippen LogP contribution in [0, 0.1) is 0 Å². The van der Waals surface area contributed by atoms with Gasteiger partial charge in [0, 0.05) is 0 Å². The smallest absolute Gasteiger partial charge is 0.299 e. The van der Waals surface area contributed by atoms with Gasteiger partial charge in [-0.2, -0.15) is 8.42 Å². The van der Waals surface area contributed by atoms with E-state index in [1.165, 1.54) is 82.0 Å². The summed E-state index contributed by atoms with van der Waals surface area (Å²) in [5, 5.41) is 0. The Morgan fingerprint density at radius 3 is 1.29 bits per heavy atom. The summed E-state index contributed by atoms with van der Waals surface area (Å²) in [4.78, 5) is 0. The van der Waals surface area contributed by atoms with E-state index in [0.29, 0.717) is 12.8 Å². The fraction of sp³-hybridized carbons (Fsp3) is 1.00. The second-order valence-corrected chi connectivity index (χ2v) is 11.4. The van der Waals surface area contributed by atoms with E-state index < -0.39 is 15.6 Å². The molecule has 0 fully saturated rings. The van der Waals surface area contributed by atoms with Gasteiger partial charge in [-0.3, -0.25) is 4.18 Å². The molecule has 0 amide bonds. The molecule has 0 heterocycles. The molecule has 0 saturated carbocycles. The molecule has 0 aliphatic heterocycles. The summed E-state index contributed by atoms with van der Waals surface area (Å²) in [7, 11) is -4.03. The zero-order valence-electron chi connectivity index (χ0n) is 23.9. The van der Waals surface area contributed by atoms with Crippen molar-refractivity contribution in [1.29, 1.82) is 0 Å². The lowest BCUT2D eigenvalue weighted by Crippen LogP contribution is -2.47. The fourth-order valence-corrected chi connectivity index (χ4v) is 5.19. The van der Waals surface area contributed by atoms with E-state index >= 15 is 0 Å². The molecule has 1 atom stereocenters. The Hall–Kier alpha value is -0.200. The lowest BCUT2D eigenvalue weighted by molar-refractivity contribution is -0.921. The summed E-state index contributed by atoms with van der Waals surface area (Å²) >= 11 is 0. The summed E-state index contributed by atoms with van der Waals surface area (Å²) in [5.41, 5.74) is -1.86. The summed E-state index contributed by atoms with van der Waals surface area (Å²) < 4.78 is 43.2. The van der Waals surface area contributed by atoms with Gasteiger partial charge in [0.05, 0.1) is 32.8 Å². The molecule has 0 bridgehead atoms. The third-order valence-electron chi connectivity index (χ3n) is 7.28. The minimum Gasteiger partial charge on any atom is -0.325 e. The molecule has 0 radical (unpaired) electrons. The van der Waals surface area contributed by atoms with Crippen LogP contribution in [0.3, 0.4) is 0 Å². The van der Waals surface area contributed by atoms with Crippen molar-refractivity contribution in [2.24, 2.45) is 0 Å². The van der Waals surface area contributed by atoms with Crippen LogP contribution in [0.5, 0.6) is 0 Å². The molecule has 0 saturated heterocycles. The van der Waals surface area contributed by atoms with Crippen LogP contribution in [0.4, 0.5) is 4.39 Å². The van der Waals surface area contributed by atoms with Gasteiger partial charge in [0.15, 0.2) is 0 Å². The van der Waals surface area contributed by atoms with Crippen LogP contribution in [0.1, 0.15) is 144 Å². The monoisotopic (exact) mass is 510 g/mol. The van der Waals surface area contributed by atoms with Crippen LogP contribution in [0.2, 0.25) is 0 Å². The molecule has 6 heteroatoms. The summed E-state index contributed by atoms with van der Waals surface area (Å²) in [5.74, 6) is 0. The van der Waals surface area contributed by atoms with E-state index in [-0.39, 0.29) is 13.0 Å². The summed E-state index contributed by atoms with van der Waals surface area (Å²) in [6, 6.07) is 0. The number of nitrogens with zero attached hydrogens (tertiary/aromatic N) is 1. The average Bonchev–Trinajstić information content (AvgIpc) is 2.84. The van der Waals surface area contributed by atoms with Crippen molar-refractivity contribution in [3.8, 4) is 0 Å². The van der Waals surface area contributed by atoms with Gasteiger partial charge in [0.2, 0.25) is 5.50 Å². The maximum absolute atomic E-state index is 13.7. The van der Waals surface area contributed by atoms with Crippen LogP contribution in [0.25, 0.3) is 0 Å². The van der Waals surface area contributed by atoms with Crippen LogP contribution < -0.4 is 0 Å². The molecule has 0 N–H and O–H groups in total. The van der Waals surface area contributed by atoms with E-state index in [2.05, 4.69) is 41.5 Å². The minimum atomic E-state index is -4.03. The fourth-order valence-electron chi connectivity index (χ4n) is 4.23. The predicted molar refractivity (Wildman–Crippen MR) is 147 cm³/mol. The second kappa shape index (κ2) is 24.5. The van der Waals surface area contributed by atoms with Gasteiger partial charge in [0.1, 0.15) is 0 Å². The molecule has 208 valence electrons. The number of alkyl halides is 1. The average molecular weight is 511 g/mol. The number of hydrogen-bond acceptors (Lipinski definition) is 3. The first-order valence-corrected chi connectivity index (χ1v) is 16.1. The van der Waals surface area contributed by atoms with E-state index in [4.69, 9.17) is 4.18 Å². The number of unbranched alkanes of at least 4 members (excludes halogenated alkanes) is 13. The van der Waals surface area contributed by atoms with E-state index in [9.17, 15) is 12.8 Å². The highest BCUT2D eigenvalue weighted by atomic mass is 32.2. The third-order valence-corrected chi connectivity index (χ3v) is 8.63. The highest BCUT2D eigenvalue weighted by Crippen LogP contribution is 2.16. The minimum absolute atomic E-state index is 0.0561. The van der Waals surface area contributed by atoms with Crippen LogP contribution in [-0.2, 0) is 14.3 Å². The predicted octanol–water partition coefficient (Wildman–Crippen LogP) is 8.79. The van der Waals surface area contributed by atoms with Gasteiger partial charge in [-0.05, 0) is 47.0 Å². The van der Waals surface area contributed by atoms with Gasteiger partial charge in [-0.1, -0.05) is 97.3 Å². The highest BCUT2D eigenvalue weighted by molar-refractivity contribution is 7.87. The first kappa shape index (κ1) is 36.0. The number of rotatable bonds is 23. The Morgan fingerprint density at radius 2 is 0.941 bits per heavy atom. The van der Waals surface area contributed by atoms with Gasteiger partial charge < -0.3 is 4.48 Å². The van der Waals surface area contributed by atoms with Gasteiger partial charge in [-0.15, -0.1) is 0 Å². The van der Waals surface area contributed by atoms with Crippen molar-refractivity contribution < 1.29 is 21.5 Å². The molecule has 0 rings (SSSR count). The SMILES string of the molecule is CCCCCCCCCCCCCOS(=O)(=O)C(F)CCCCCC.CC[N+](CC)(CC)CC. The molecule has 0 aromatic heterocycles. The van der Waals surface area contributed by atoms with Gasteiger partial charge in [0.25, 0.3) is 10.1 Å². The van der Waals surface area contributed by atoms with Crippen molar-refractivity contribution in [3.63, 3.8) is 0 Å². The van der Waals surface area contributed by atoms with Gasteiger partial charge in [-0.25, -0.2) is 4.39 Å². The molecule has 0 aromatic rings. The summed E-state index contributed by atoms with van der Waals surface area (Å²) in [6.07, 6.45) is 16.8. The van der Waals surface area contributed by atoms with E-state index in [1.54, 1.807) is 0 Å². The van der Waals surface area contributed by atoms with Crippen molar-refractivity contribution >= 4 is 10.1 Å². The molecule has 0 aromatic carbocycles. The molecule has 0 spiro atoms. The molecular weight excluding hydrogens is 449 g/mol. The Labute approximate surface area is 214 Å². The standard InChI is InChI=1S/C20H41FO3S.C8H20N/c1-3-5-7-9-10-11-12-13-14-15-17-19-24-25(22,23)20(21)18-16-8-6-4-2;1-5-9(6-2,7-3)8-4/h20H,3-19H2,1-2H3;5-8H2,1-4H3/q;+1. The Kier molecular flexibility index (Phi) is 25.9. The third kappa shape index (κ3) is 20.0. The van der Waals surface area contributed by atoms with Gasteiger partial charge >= 0.3 is 0 Å². The van der Waals surface area contributed by atoms with Crippen molar-refractivity contribution in [3.05, 3.63) is 0 Å². The van der Waals surface area contributed by atoms with Crippen molar-refractivity contribution in [2.45, 2.75) is 150 Å². The van der Waals surface area contributed by atoms with E-state index in [0.717, 1.165) is 32.1 Å². The lowest BCUT2D eigenvalue weighted by atomic mass is 10.1. The number of hydrogen-bond donors (Lipinski definition) is 0. The van der Waals surface area contributed by atoms with Crippen LogP contribution in [0.15, 0.2) is 0 Å². The maximum atomic E-state index is 13.7. The zero-order chi connectivity index (χ0) is 26.1.